The number of hydrogen-bond donors (Lipinski definition) is 0. The van der Waals surface area contributed by atoms with Crippen LogP contribution in [0.2, 0.25) is 0 Å². The lowest BCUT2D eigenvalue weighted by Gasteiger charge is -2.07. The summed E-state index contributed by atoms with van der Waals surface area (Å²) in [5.74, 6) is -2.00. The van der Waals surface area contributed by atoms with Crippen LogP contribution in [0.5, 0.6) is 0 Å². The van der Waals surface area contributed by atoms with Crippen LogP contribution < -0.4 is 0 Å². The molecule has 8 heteroatoms. The van der Waals surface area contributed by atoms with E-state index in [9.17, 15) is 13.6 Å². The van der Waals surface area contributed by atoms with E-state index in [1.54, 1.807) is 6.92 Å². The van der Waals surface area contributed by atoms with E-state index in [1.165, 1.54) is 17.4 Å². The fraction of sp³-hybridized carbons (Fsp3) is 0.133. The Hall–Kier alpha value is -2.06. The molecule has 1 aromatic carbocycles. The lowest BCUT2D eigenvalue weighted by atomic mass is 10.1. The smallest absolute Gasteiger partial charge is 0.277 e. The zero-order chi connectivity index (χ0) is 16.4. The molecule has 2 aromatic heterocycles. The summed E-state index contributed by atoms with van der Waals surface area (Å²) < 4.78 is 31.6. The molecule has 0 bridgehead atoms. The lowest BCUT2D eigenvalue weighted by Crippen LogP contribution is -2.14. The number of aromatic nitrogens is 2. The van der Waals surface area contributed by atoms with Crippen molar-refractivity contribution in [3.8, 4) is 10.8 Å². The van der Waals surface area contributed by atoms with Crippen molar-refractivity contribution in [1.82, 2.24) is 10.2 Å². The van der Waals surface area contributed by atoms with Crippen LogP contribution in [-0.2, 0) is 0 Å². The monoisotopic (exact) mass is 352 g/mol. The maximum Gasteiger partial charge on any atom is 0.277 e. The van der Waals surface area contributed by atoms with Crippen LogP contribution >= 0.6 is 23.1 Å². The standard InChI is InChI=1S/C15H10F2N2O2S2/c1-8(13(20)9-4-5-10(16)11(17)7-9)23-15-19-18-14(21-15)12-3-2-6-22-12/h2-8H,1H3/t8-/m1/s1. The summed E-state index contributed by atoms with van der Waals surface area (Å²) >= 11 is 2.54. The van der Waals surface area contributed by atoms with Gasteiger partial charge in [-0.25, -0.2) is 8.78 Å². The molecule has 0 N–H and O–H groups in total. The normalized spacial score (nSPS) is 12.3. The van der Waals surface area contributed by atoms with Gasteiger partial charge >= 0.3 is 0 Å². The van der Waals surface area contributed by atoms with Crippen molar-refractivity contribution in [2.45, 2.75) is 17.4 Å². The van der Waals surface area contributed by atoms with Crippen molar-refractivity contribution in [1.29, 1.82) is 0 Å². The highest BCUT2D eigenvalue weighted by molar-refractivity contribution is 8.00. The summed E-state index contributed by atoms with van der Waals surface area (Å²) in [7, 11) is 0. The number of hydrogen-bond acceptors (Lipinski definition) is 6. The molecule has 4 nitrogen and oxygen atoms in total. The minimum atomic E-state index is -1.05. The third kappa shape index (κ3) is 3.48. The second kappa shape index (κ2) is 6.59. The molecule has 3 aromatic rings. The predicted molar refractivity (Wildman–Crippen MR) is 83.6 cm³/mol. The van der Waals surface area contributed by atoms with Gasteiger partial charge in [-0.15, -0.1) is 21.5 Å². The fourth-order valence-electron chi connectivity index (χ4n) is 1.85. The van der Waals surface area contributed by atoms with Crippen LogP contribution in [0.25, 0.3) is 10.8 Å². The number of carbonyl (C=O) groups excluding carboxylic acids is 1. The van der Waals surface area contributed by atoms with Gasteiger partial charge in [0.15, 0.2) is 17.4 Å². The van der Waals surface area contributed by atoms with Crippen molar-refractivity contribution in [3.05, 3.63) is 52.9 Å². The molecule has 2 heterocycles. The second-order valence-corrected chi connectivity index (χ2v) is 6.84. The first-order valence-electron chi connectivity index (χ1n) is 6.58. The van der Waals surface area contributed by atoms with Gasteiger partial charge in [-0.1, -0.05) is 17.8 Å². The Kier molecular flexibility index (Phi) is 4.53. The van der Waals surface area contributed by atoms with Gasteiger partial charge < -0.3 is 4.42 Å². The van der Waals surface area contributed by atoms with Crippen LogP contribution in [0.15, 0.2) is 45.4 Å². The number of thiophene rings is 1. The molecule has 0 fully saturated rings. The van der Waals surface area contributed by atoms with Gasteiger partial charge in [0.1, 0.15) is 0 Å². The molecule has 1 atom stereocenters. The zero-order valence-electron chi connectivity index (χ0n) is 11.8. The van der Waals surface area contributed by atoms with Gasteiger partial charge in [0.2, 0.25) is 0 Å². The quantitative estimate of drug-likeness (QED) is 0.502. The Morgan fingerprint density at radius 1 is 1.26 bits per heavy atom. The number of ketones is 1. The van der Waals surface area contributed by atoms with Gasteiger partial charge in [0.25, 0.3) is 11.1 Å². The van der Waals surface area contributed by atoms with Crippen molar-refractivity contribution in [2.24, 2.45) is 0 Å². The third-order valence-corrected chi connectivity index (χ3v) is 4.78. The predicted octanol–water partition coefficient (Wildman–Crippen LogP) is 4.44. The molecule has 3 rings (SSSR count). The summed E-state index contributed by atoms with van der Waals surface area (Å²) in [6, 6.07) is 6.79. The number of benzene rings is 1. The van der Waals surface area contributed by atoms with E-state index in [2.05, 4.69) is 10.2 Å². The number of halogens is 2. The number of Topliss-reactive ketones (excluding diaryl/α,β-unsaturated/α-hetero) is 1. The molecule has 0 saturated heterocycles. The Balaban J connectivity index is 1.72. The summed E-state index contributed by atoms with van der Waals surface area (Å²) in [4.78, 5) is 13.1. The van der Waals surface area contributed by atoms with Crippen molar-refractivity contribution < 1.29 is 18.0 Å². The van der Waals surface area contributed by atoms with E-state index in [0.29, 0.717) is 5.89 Å². The Labute approximate surface area is 138 Å². The second-order valence-electron chi connectivity index (χ2n) is 4.60. The number of nitrogens with zero attached hydrogens (tertiary/aromatic N) is 2. The molecule has 0 aliphatic rings. The first-order valence-corrected chi connectivity index (χ1v) is 8.34. The minimum absolute atomic E-state index is 0.0990. The molecule has 0 unspecified atom stereocenters. The van der Waals surface area contributed by atoms with Crippen LogP contribution in [0.4, 0.5) is 8.78 Å². The number of rotatable bonds is 5. The topological polar surface area (TPSA) is 56.0 Å². The van der Waals surface area contributed by atoms with E-state index in [0.717, 1.165) is 28.8 Å². The molecule has 0 radical (unpaired) electrons. The summed E-state index contributed by atoms with van der Waals surface area (Å²) in [6.45, 7) is 1.64. The maximum atomic E-state index is 13.2. The number of carbonyl (C=O) groups is 1. The highest BCUT2D eigenvalue weighted by Crippen LogP contribution is 2.29. The van der Waals surface area contributed by atoms with E-state index >= 15 is 0 Å². The van der Waals surface area contributed by atoms with E-state index < -0.39 is 16.9 Å². The molecular weight excluding hydrogens is 342 g/mol. The molecule has 0 amide bonds. The lowest BCUT2D eigenvalue weighted by molar-refractivity contribution is 0.0993. The molecule has 23 heavy (non-hydrogen) atoms. The van der Waals surface area contributed by atoms with E-state index in [1.807, 2.05) is 17.5 Å². The Morgan fingerprint density at radius 2 is 2.09 bits per heavy atom. The summed E-state index contributed by atoms with van der Waals surface area (Å²) in [5.41, 5.74) is 0.0990. The van der Waals surface area contributed by atoms with Crippen LogP contribution in [0.3, 0.4) is 0 Å². The van der Waals surface area contributed by atoms with Crippen molar-refractivity contribution in [3.63, 3.8) is 0 Å². The van der Waals surface area contributed by atoms with Gasteiger partial charge in [0, 0.05) is 5.56 Å². The van der Waals surface area contributed by atoms with Crippen molar-refractivity contribution in [2.75, 3.05) is 0 Å². The van der Waals surface area contributed by atoms with E-state index in [4.69, 9.17) is 4.42 Å². The molecule has 0 aliphatic heterocycles. The minimum Gasteiger partial charge on any atom is -0.410 e. The first kappa shape index (κ1) is 15.8. The molecule has 0 saturated carbocycles. The van der Waals surface area contributed by atoms with Gasteiger partial charge in [-0.2, -0.15) is 0 Å². The highest BCUT2D eigenvalue weighted by atomic mass is 32.2. The van der Waals surface area contributed by atoms with Gasteiger partial charge in [-0.3, -0.25) is 4.79 Å². The van der Waals surface area contributed by atoms with Crippen LogP contribution in [0.1, 0.15) is 17.3 Å². The average molecular weight is 352 g/mol. The number of thioether (sulfide) groups is 1. The first-order chi connectivity index (χ1) is 11.0. The van der Waals surface area contributed by atoms with Crippen molar-refractivity contribution >= 4 is 28.9 Å². The molecular formula is C15H10F2N2O2S2. The van der Waals surface area contributed by atoms with E-state index in [-0.39, 0.29) is 16.6 Å². The van der Waals surface area contributed by atoms with Crippen LogP contribution in [0, 0.1) is 11.6 Å². The molecule has 118 valence electrons. The SMILES string of the molecule is C[C@@H](Sc1nnc(-c2cccs2)o1)C(=O)c1ccc(F)c(F)c1. The Bertz CT molecular complexity index is 834. The maximum absolute atomic E-state index is 13.2. The average Bonchev–Trinajstić information content (AvgIpc) is 3.20. The summed E-state index contributed by atoms with van der Waals surface area (Å²) in [6.07, 6.45) is 0. The fourth-order valence-corrected chi connectivity index (χ4v) is 3.25. The summed E-state index contributed by atoms with van der Waals surface area (Å²) in [5, 5.41) is 9.37. The Morgan fingerprint density at radius 3 is 2.78 bits per heavy atom. The zero-order valence-corrected chi connectivity index (χ0v) is 13.5. The molecule has 0 aliphatic carbocycles. The van der Waals surface area contributed by atoms with Gasteiger partial charge in [-0.05, 0) is 36.6 Å². The molecule has 0 spiro atoms. The van der Waals surface area contributed by atoms with Crippen LogP contribution in [-0.4, -0.2) is 21.2 Å². The largest absolute Gasteiger partial charge is 0.410 e. The van der Waals surface area contributed by atoms with Gasteiger partial charge in [0.05, 0.1) is 10.1 Å². The highest BCUT2D eigenvalue weighted by Gasteiger charge is 2.21. The third-order valence-electron chi connectivity index (χ3n) is 2.99.